The largest absolute Gasteiger partial charge is 0.358 e. The number of nitriles is 1. The zero-order valence-electron chi connectivity index (χ0n) is 15.1. The third-order valence-corrected chi connectivity index (χ3v) is 4.52. The van der Waals surface area contributed by atoms with Gasteiger partial charge in [-0.1, -0.05) is 48.0 Å². The average molecular weight is 343 g/mol. The Morgan fingerprint density at radius 3 is 2.54 bits per heavy atom. The fourth-order valence-corrected chi connectivity index (χ4v) is 2.99. The Labute approximate surface area is 153 Å². The van der Waals surface area contributed by atoms with Gasteiger partial charge in [-0.3, -0.25) is 4.79 Å². The molecule has 26 heavy (non-hydrogen) atoms. The molecule has 2 aromatic carbocycles. The number of para-hydroxylation sites is 1. The molecule has 2 N–H and O–H groups in total. The van der Waals surface area contributed by atoms with Gasteiger partial charge in [-0.15, -0.1) is 0 Å². The lowest BCUT2D eigenvalue weighted by Crippen LogP contribution is -2.27. The molecule has 0 bridgehead atoms. The Kier molecular flexibility index (Phi) is 4.90. The number of rotatable bonds is 4. The van der Waals surface area contributed by atoms with Gasteiger partial charge in [0, 0.05) is 22.2 Å². The van der Waals surface area contributed by atoms with E-state index in [9.17, 15) is 10.1 Å². The summed E-state index contributed by atoms with van der Waals surface area (Å²) in [4.78, 5) is 15.9. The van der Waals surface area contributed by atoms with Crippen molar-refractivity contribution in [1.82, 2.24) is 10.3 Å². The first-order valence-electron chi connectivity index (χ1n) is 8.56. The van der Waals surface area contributed by atoms with Crippen LogP contribution in [-0.2, 0) is 4.79 Å². The smallest absolute Gasteiger partial charge is 0.262 e. The number of benzene rings is 2. The van der Waals surface area contributed by atoms with Crippen LogP contribution < -0.4 is 5.32 Å². The topological polar surface area (TPSA) is 68.7 Å². The van der Waals surface area contributed by atoms with Crippen LogP contribution in [0.25, 0.3) is 17.0 Å². The van der Waals surface area contributed by atoms with Gasteiger partial charge in [0.15, 0.2) is 0 Å². The van der Waals surface area contributed by atoms with E-state index in [2.05, 4.69) is 10.3 Å². The van der Waals surface area contributed by atoms with Crippen molar-refractivity contribution in [3.05, 3.63) is 76.5 Å². The molecule has 0 aliphatic rings. The zero-order chi connectivity index (χ0) is 18.7. The highest BCUT2D eigenvalue weighted by atomic mass is 16.1. The molecule has 1 unspecified atom stereocenters. The fraction of sp³-hybridized carbons (Fsp3) is 0.182. The number of carbonyl (C=O) groups is 1. The number of fused-ring (bicyclic) bond motifs is 1. The zero-order valence-corrected chi connectivity index (χ0v) is 15.1. The summed E-state index contributed by atoms with van der Waals surface area (Å²) in [7, 11) is 0. The molecule has 1 atom stereocenters. The summed E-state index contributed by atoms with van der Waals surface area (Å²) in [6, 6.07) is 17.7. The van der Waals surface area contributed by atoms with Gasteiger partial charge in [-0.25, -0.2) is 0 Å². The molecule has 1 amide bonds. The van der Waals surface area contributed by atoms with E-state index in [1.165, 1.54) is 5.56 Å². The molecule has 3 aromatic rings. The van der Waals surface area contributed by atoms with Gasteiger partial charge in [0.2, 0.25) is 0 Å². The summed E-state index contributed by atoms with van der Waals surface area (Å²) < 4.78 is 0. The Hall–Kier alpha value is -3.32. The lowest BCUT2D eigenvalue weighted by atomic mass is 10.0. The van der Waals surface area contributed by atoms with E-state index >= 15 is 0 Å². The maximum absolute atomic E-state index is 12.6. The van der Waals surface area contributed by atoms with Crippen molar-refractivity contribution in [3.63, 3.8) is 0 Å². The predicted molar refractivity (Wildman–Crippen MR) is 104 cm³/mol. The highest BCUT2D eigenvalue weighted by molar-refractivity contribution is 6.04. The van der Waals surface area contributed by atoms with Crippen molar-refractivity contribution in [2.75, 3.05) is 0 Å². The van der Waals surface area contributed by atoms with Gasteiger partial charge in [-0.05, 0) is 38.5 Å². The summed E-state index contributed by atoms with van der Waals surface area (Å²) in [5, 5.41) is 13.4. The Bertz CT molecular complexity index is 1020. The number of carbonyl (C=O) groups excluding carboxylic acids is 1. The number of aromatic nitrogens is 1. The molecule has 0 radical (unpaired) electrons. The number of aryl methyl sites for hydroxylation is 2. The van der Waals surface area contributed by atoms with E-state index in [4.69, 9.17) is 0 Å². The summed E-state index contributed by atoms with van der Waals surface area (Å²) in [5.74, 6) is -0.370. The van der Waals surface area contributed by atoms with Crippen molar-refractivity contribution in [3.8, 4) is 6.07 Å². The number of amides is 1. The fourth-order valence-electron chi connectivity index (χ4n) is 2.99. The normalized spacial score (nSPS) is 12.6. The second kappa shape index (κ2) is 7.28. The van der Waals surface area contributed by atoms with Crippen LogP contribution in [0.3, 0.4) is 0 Å². The van der Waals surface area contributed by atoms with Crippen molar-refractivity contribution in [2.24, 2.45) is 0 Å². The van der Waals surface area contributed by atoms with Crippen molar-refractivity contribution < 1.29 is 4.79 Å². The number of nitrogens with one attached hydrogen (secondary N) is 2. The quantitative estimate of drug-likeness (QED) is 0.538. The van der Waals surface area contributed by atoms with Crippen molar-refractivity contribution >= 4 is 22.9 Å². The van der Waals surface area contributed by atoms with Gasteiger partial charge in [-0.2, -0.15) is 5.26 Å². The maximum atomic E-state index is 12.6. The summed E-state index contributed by atoms with van der Waals surface area (Å²) in [5.41, 5.74) is 5.05. The molecular weight excluding hydrogens is 322 g/mol. The second-order valence-corrected chi connectivity index (χ2v) is 6.48. The highest BCUT2D eigenvalue weighted by Crippen LogP contribution is 2.24. The van der Waals surface area contributed by atoms with Gasteiger partial charge in [0.25, 0.3) is 5.91 Å². The Morgan fingerprint density at radius 2 is 1.85 bits per heavy atom. The molecule has 3 rings (SSSR count). The van der Waals surface area contributed by atoms with Crippen LogP contribution in [0, 0.1) is 25.2 Å². The monoisotopic (exact) mass is 343 g/mol. The average Bonchev–Trinajstić information content (AvgIpc) is 2.95. The molecule has 130 valence electrons. The van der Waals surface area contributed by atoms with Crippen molar-refractivity contribution in [2.45, 2.75) is 26.8 Å². The summed E-state index contributed by atoms with van der Waals surface area (Å²) in [6.07, 6.45) is 1.66. The van der Waals surface area contributed by atoms with Crippen LogP contribution in [0.1, 0.15) is 35.3 Å². The van der Waals surface area contributed by atoms with Crippen LogP contribution in [0.4, 0.5) is 0 Å². The number of hydrogen-bond acceptors (Lipinski definition) is 2. The molecular formula is C22H21N3O. The van der Waals surface area contributed by atoms with Crippen LogP contribution in [0.2, 0.25) is 0 Å². The molecule has 0 fully saturated rings. The lowest BCUT2D eigenvalue weighted by molar-refractivity contribution is -0.117. The Morgan fingerprint density at radius 1 is 1.15 bits per heavy atom. The standard InChI is InChI=1S/C22H21N3O/c1-14-8-10-17(11-9-14)15(2)25-22(26)18(13-23)12-20-16(3)24-21-7-5-4-6-19(20)21/h4-12,15,24H,1-3H3,(H,25,26)/b18-12-. The molecule has 0 saturated heterocycles. The van der Waals surface area contributed by atoms with E-state index in [-0.39, 0.29) is 17.5 Å². The van der Waals surface area contributed by atoms with Crippen LogP contribution in [0.15, 0.2) is 54.1 Å². The van der Waals surface area contributed by atoms with Gasteiger partial charge in [0.1, 0.15) is 11.6 Å². The van der Waals surface area contributed by atoms with Gasteiger partial charge >= 0.3 is 0 Å². The number of H-pyrrole nitrogens is 1. The molecule has 4 nitrogen and oxygen atoms in total. The van der Waals surface area contributed by atoms with E-state index < -0.39 is 0 Å². The van der Waals surface area contributed by atoms with E-state index in [0.717, 1.165) is 27.7 Å². The highest BCUT2D eigenvalue weighted by Gasteiger charge is 2.15. The molecule has 4 heteroatoms. The van der Waals surface area contributed by atoms with Crippen molar-refractivity contribution in [1.29, 1.82) is 5.26 Å². The number of aromatic amines is 1. The predicted octanol–water partition coefficient (Wildman–Crippen LogP) is 4.57. The van der Waals surface area contributed by atoms with Gasteiger partial charge < -0.3 is 10.3 Å². The molecule has 0 saturated carbocycles. The third kappa shape index (κ3) is 3.52. The first kappa shape index (κ1) is 17.5. The molecule has 1 heterocycles. The number of hydrogen-bond donors (Lipinski definition) is 2. The Balaban J connectivity index is 1.87. The van der Waals surface area contributed by atoms with Crippen LogP contribution in [-0.4, -0.2) is 10.9 Å². The SMILES string of the molecule is Cc1ccc(C(C)NC(=O)/C(C#N)=C\c2c(C)[nH]c3ccccc23)cc1. The molecule has 0 aliphatic heterocycles. The molecule has 0 spiro atoms. The number of nitrogens with zero attached hydrogens (tertiary/aromatic N) is 1. The summed E-state index contributed by atoms with van der Waals surface area (Å²) >= 11 is 0. The minimum atomic E-state index is -0.370. The first-order valence-corrected chi connectivity index (χ1v) is 8.56. The maximum Gasteiger partial charge on any atom is 0.262 e. The van der Waals surface area contributed by atoms with Gasteiger partial charge in [0.05, 0.1) is 6.04 Å². The minimum absolute atomic E-state index is 0.0943. The van der Waals surface area contributed by atoms with Crippen LogP contribution in [0.5, 0.6) is 0 Å². The van der Waals surface area contributed by atoms with Crippen LogP contribution >= 0.6 is 0 Å². The third-order valence-electron chi connectivity index (χ3n) is 4.52. The molecule has 1 aromatic heterocycles. The first-order chi connectivity index (χ1) is 12.5. The molecule has 0 aliphatic carbocycles. The van der Waals surface area contributed by atoms with E-state index in [0.29, 0.717) is 0 Å². The summed E-state index contributed by atoms with van der Waals surface area (Å²) in [6.45, 7) is 5.87. The van der Waals surface area contributed by atoms with E-state index in [1.807, 2.05) is 75.4 Å². The van der Waals surface area contributed by atoms with E-state index in [1.54, 1.807) is 6.08 Å². The minimum Gasteiger partial charge on any atom is -0.358 e. The lowest BCUT2D eigenvalue weighted by Gasteiger charge is -2.14. The second-order valence-electron chi connectivity index (χ2n) is 6.48.